The first-order valence-corrected chi connectivity index (χ1v) is 12.5. The second-order valence-electron chi connectivity index (χ2n) is 10.8. The number of esters is 1. The van der Waals surface area contributed by atoms with E-state index in [1.54, 1.807) is 30.8 Å². The maximum Gasteiger partial charge on any atom is 0.317 e. The summed E-state index contributed by atoms with van der Waals surface area (Å²) in [5.41, 5.74) is 1.19. The van der Waals surface area contributed by atoms with Crippen LogP contribution in [-0.4, -0.2) is 27.1 Å². The first kappa shape index (κ1) is 25.1. The van der Waals surface area contributed by atoms with E-state index in [1.807, 2.05) is 20.0 Å². The van der Waals surface area contributed by atoms with Crippen molar-refractivity contribution in [3.8, 4) is 6.07 Å². The van der Waals surface area contributed by atoms with Crippen LogP contribution in [-0.2, 0) is 39.6 Å². The molecule has 6 nitrogen and oxygen atoms in total. The van der Waals surface area contributed by atoms with E-state index < -0.39 is 28.7 Å². The molecule has 2 fully saturated rings. The summed E-state index contributed by atoms with van der Waals surface area (Å²) in [4.78, 5) is 26.5. The minimum Gasteiger partial charge on any atom is -0.458 e. The Kier molecular flexibility index (Phi) is 6.86. The quantitative estimate of drug-likeness (QED) is 0.416. The van der Waals surface area contributed by atoms with Crippen molar-refractivity contribution in [3.63, 3.8) is 0 Å². The zero-order valence-corrected chi connectivity index (χ0v) is 21.1. The molecule has 2 aromatic rings. The molecule has 0 amide bonds. The van der Waals surface area contributed by atoms with Crippen LogP contribution in [0, 0.1) is 35.9 Å². The number of hydrogen-bond acceptors (Lipinski definition) is 5. The van der Waals surface area contributed by atoms with Crippen molar-refractivity contribution in [1.82, 2.24) is 9.78 Å². The standard InChI is InChI=1S/C28H34FN3O3/c1-18-20(16-31-32(18)4)14-22-25(33)15-28(35-26(22)34,21-7-5-6-8-21)12-11-19-9-10-23(24(29)13-19)27(2,3)17-30/h9-10,13,16,21-22H,5-8,11-12,14-15H2,1-4H3. The van der Waals surface area contributed by atoms with Crippen molar-refractivity contribution >= 4 is 11.8 Å². The Morgan fingerprint density at radius 1 is 1.29 bits per heavy atom. The van der Waals surface area contributed by atoms with Gasteiger partial charge in [0, 0.05) is 24.7 Å². The third-order valence-corrected chi connectivity index (χ3v) is 8.13. The minimum atomic E-state index is -0.916. The van der Waals surface area contributed by atoms with E-state index in [1.165, 1.54) is 6.07 Å². The van der Waals surface area contributed by atoms with Crippen LogP contribution in [0.3, 0.4) is 0 Å². The molecule has 0 spiro atoms. The number of aryl methyl sites for hydroxylation is 2. The van der Waals surface area contributed by atoms with Gasteiger partial charge in [-0.25, -0.2) is 4.39 Å². The number of ether oxygens (including phenoxy) is 1. The largest absolute Gasteiger partial charge is 0.458 e. The molecule has 7 heteroatoms. The maximum absolute atomic E-state index is 14.8. The van der Waals surface area contributed by atoms with E-state index >= 15 is 0 Å². The molecule has 1 saturated heterocycles. The van der Waals surface area contributed by atoms with Gasteiger partial charge in [0.1, 0.15) is 17.3 Å². The highest BCUT2D eigenvalue weighted by Crippen LogP contribution is 2.45. The molecule has 35 heavy (non-hydrogen) atoms. The number of halogens is 1. The van der Waals surface area contributed by atoms with Crippen LogP contribution >= 0.6 is 0 Å². The van der Waals surface area contributed by atoms with Gasteiger partial charge in [-0.3, -0.25) is 14.3 Å². The summed E-state index contributed by atoms with van der Waals surface area (Å²) < 4.78 is 22.7. The van der Waals surface area contributed by atoms with Crippen LogP contribution in [0.25, 0.3) is 0 Å². The monoisotopic (exact) mass is 479 g/mol. The van der Waals surface area contributed by atoms with E-state index in [4.69, 9.17) is 4.74 Å². The van der Waals surface area contributed by atoms with Crippen molar-refractivity contribution < 1.29 is 18.7 Å². The fraction of sp³-hybridized carbons (Fsp3) is 0.571. The lowest BCUT2D eigenvalue weighted by Crippen LogP contribution is -2.52. The van der Waals surface area contributed by atoms with Gasteiger partial charge >= 0.3 is 5.97 Å². The molecular formula is C28H34FN3O3. The molecule has 0 bridgehead atoms. The molecule has 1 aromatic carbocycles. The Balaban J connectivity index is 1.53. The lowest BCUT2D eigenvalue weighted by Gasteiger charge is -2.43. The SMILES string of the molecule is Cc1c(CC2C(=O)CC(CCc3ccc(C(C)(C)C#N)c(F)c3)(C3CCCC3)OC2=O)cnn1C. The van der Waals surface area contributed by atoms with E-state index in [9.17, 15) is 19.2 Å². The summed E-state index contributed by atoms with van der Waals surface area (Å²) >= 11 is 0. The lowest BCUT2D eigenvalue weighted by atomic mass is 9.73. The minimum absolute atomic E-state index is 0.0753. The molecule has 2 heterocycles. The molecule has 1 saturated carbocycles. The number of Topliss-reactive ketones (excluding diaryl/α,β-unsaturated/α-hetero) is 1. The molecule has 2 aliphatic rings. The number of benzene rings is 1. The average Bonchev–Trinajstić information content (AvgIpc) is 3.46. The molecular weight excluding hydrogens is 445 g/mol. The van der Waals surface area contributed by atoms with Gasteiger partial charge in [-0.15, -0.1) is 0 Å². The summed E-state index contributed by atoms with van der Waals surface area (Å²) in [6.07, 6.45) is 7.16. The van der Waals surface area contributed by atoms with E-state index in [0.29, 0.717) is 24.8 Å². The summed E-state index contributed by atoms with van der Waals surface area (Å²) in [7, 11) is 1.83. The van der Waals surface area contributed by atoms with Crippen LogP contribution in [0.15, 0.2) is 24.4 Å². The third kappa shape index (κ3) is 4.89. The second-order valence-corrected chi connectivity index (χ2v) is 10.8. The van der Waals surface area contributed by atoms with Crippen molar-refractivity contribution in [3.05, 3.63) is 52.6 Å². The maximum atomic E-state index is 14.8. The van der Waals surface area contributed by atoms with Crippen LogP contribution in [0.1, 0.15) is 74.8 Å². The molecule has 186 valence electrons. The highest BCUT2D eigenvalue weighted by Gasteiger charge is 2.51. The number of carbonyl (C=O) groups excluding carboxylic acids is 2. The van der Waals surface area contributed by atoms with Gasteiger partial charge < -0.3 is 4.74 Å². The van der Waals surface area contributed by atoms with Crippen molar-refractivity contribution in [2.45, 2.75) is 83.2 Å². The highest BCUT2D eigenvalue weighted by molar-refractivity contribution is 6.01. The van der Waals surface area contributed by atoms with Crippen molar-refractivity contribution in [2.24, 2.45) is 18.9 Å². The van der Waals surface area contributed by atoms with Gasteiger partial charge in [-0.2, -0.15) is 10.4 Å². The molecule has 4 rings (SSSR count). The van der Waals surface area contributed by atoms with Gasteiger partial charge in [0.05, 0.1) is 17.7 Å². The Hall–Kier alpha value is -3.01. The van der Waals surface area contributed by atoms with Gasteiger partial charge in [-0.05, 0) is 76.0 Å². The smallest absolute Gasteiger partial charge is 0.317 e. The zero-order valence-electron chi connectivity index (χ0n) is 21.1. The lowest BCUT2D eigenvalue weighted by molar-refractivity contribution is -0.185. The number of ketones is 1. The van der Waals surface area contributed by atoms with Crippen LogP contribution in [0.5, 0.6) is 0 Å². The predicted molar refractivity (Wildman–Crippen MR) is 129 cm³/mol. The third-order valence-electron chi connectivity index (χ3n) is 8.13. The highest BCUT2D eigenvalue weighted by atomic mass is 19.1. The molecule has 1 aromatic heterocycles. The van der Waals surface area contributed by atoms with E-state index in [2.05, 4.69) is 11.2 Å². The summed E-state index contributed by atoms with van der Waals surface area (Å²) in [5, 5.41) is 13.6. The first-order chi connectivity index (χ1) is 16.6. The van der Waals surface area contributed by atoms with Crippen LogP contribution in [0.2, 0.25) is 0 Å². The predicted octanol–water partition coefficient (Wildman–Crippen LogP) is 4.91. The number of aromatic nitrogens is 2. The fourth-order valence-electron chi connectivity index (χ4n) is 5.68. The van der Waals surface area contributed by atoms with E-state index in [-0.39, 0.29) is 18.1 Å². The zero-order chi connectivity index (χ0) is 25.4. The average molecular weight is 480 g/mol. The number of nitrogens with zero attached hydrogens (tertiary/aromatic N) is 3. The van der Waals surface area contributed by atoms with Crippen molar-refractivity contribution in [1.29, 1.82) is 5.26 Å². The van der Waals surface area contributed by atoms with Crippen LogP contribution < -0.4 is 0 Å². The Labute approximate surface area is 206 Å². The number of rotatable bonds is 7. The molecule has 0 radical (unpaired) electrons. The molecule has 1 aliphatic heterocycles. The van der Waals surface area contributed by atoms with Crippen LogP contribution in [0.4, 0.5) is 4.39 Å². The molecule has 2 atom stereocenters. The molecule has 1 aliphatic carbocycles. The topological polar surface area (TPSA) is 85.0 Å². The fourth-order valence-corrected chi connectivity index (χ4v) is 5.68. The number of cyclic esters (lactones) is 1. The summed E-state index contributed by atoms with van der Waals surface area (Å²) in [6, 6.07) is 7.11. The first-order valence-electron chi connectivity index (χ1n) is 12.5. The van der Waals surface area contributed by atoms with Gasteiger partial charge in [0.25, 0.3) is 0 Å². The van der Waals surface area contributed by atoms with Gasteiger partial charge in [0.15, 0.2) is 5.78 Å². The second kappa shape index (κ2) is 9.56. The Morgan fingerprint density at radius 3 is 2.57 bits per heavy atom. The number of carbonyl (C=O) groups is 2. The molecule has 0 N–H and O–H groups in total. The number of nitriles is 1. The summed E-state index contributed by atoms with van der Waals surface area (Å²) in [6.45, 7) is 5.30. The normalized spacial score (nSPS) is 23.4. The number of hydrogen-bond donors (Lipinski definition) is 0. The molecule has 2 unspecified atom stereocenters. The Morgan fingerprint density at radius 2 is 2.00 bits per heavy atom. The van der Waals surface area contributed by atoms with Gasteiger partial charge in [0.2, 0.25) is 0 Å². The summed E-state index contributed by atoms with van der Waals surface area (Å²) in [5.74, 6) is -1.61. The Bertz CT molecular complexity index is 1150. The van der Waals surface area contributed by atoms with Gasteiger partial charge in [-0.1, -0.05) is 25.0 Å². The van der Waals surface area contributed by atoms with E-state index in [0.717, 1.165) is 42.5 Å². The van der Waals surface area contributed by atoms with Crippen molar-refractivity contribution in [2.75, 3.05) is 0 Å².